The van der Waals surface area contributed by atoms with Crippen molar-refractivity contribution in [2.24, 2.45) is 20.0 Å². The van der Waals surface area contributed by atoms with E-state index in [0.717, 1.165) is 89.9 Å². The number of halogens is 2. The Morgan fingerprint density at radius 1 is 0.423 bits per heavy atom. The summed E-state index contributed by atoms with van der Waals surface area (Å²) < 4.78 is 39.6. The molecule has 0 spiro atoms. The topological polar surface area (TPSA) is 284 Å². The quantitative estimate of drug-likeness (QED) is 0.0531. The van der Waals surface area contributed by atoms with Crippen molar-refractivity contribution in [2.75, 3.05) is 59.0 Å². The van der Waals surface area contributed by atoms with Crippen LogP contribution in [-0.4, -0.2) is 90.5 Å². The van der Waals surface area contributed by atoms with Crippen LogP contribution in [-0.2, 0) is 24.2 Å². The van der Waals surface area contributed by atoms with E-state index < -0.39 is 17.7 Å². The first-order chi connectivity index (χ1) is 53.4. The number of H-pyrrole nitrogens is 4. The van der Waals surface area contributed by atoms with Gasteiger partial charge in [-0.25, -0.2) is 48.7 Å². The largest absolute Gasteiger partial charge is 0.492 e. The predicted molar refractivity (Wildman–Crippen MR) is 429 cm³/mol. The molecule has 4 aromatic heterocycles. The number of aromatic nitrogens is 8. The van der Waals surface area contributed by atoms with Gasteiger partial charge in [-0.1, -0.05) is 117 Å². The summed E-state index contributed by atoms with van der Waals surface area (Å²) in [6, 6.07) is 51.3. The maximum atomic E-state index is 14.0. The van der Waals surface area contributed by atoms with Gasteiger partial charge in [0.25, 0.3) is 22.2 Å². The number of aliphatic hydroxyl groups excluding tert-OH is 1. The van der Waals surface area contributed by atoms with Crippen molar-refractivity contribution in [3.8, 4) is 5.75 Å². The fraction of sp³-hybridized carbons (Fsp3) is 0.209. The predicted octanol–water partition coefficient (Wildman–Crippen LogP) is 9.30. The molecule has 4 aliphatic rings. The molecular formula is C86H82F2N16O7. The number of rotatable bonds is 17. The summed E-state index contributed by atoms with van der Waals surface area (Å²) in [5.41, 5.74) is 16.2. The maximum Gasteiger partial charge on any atom is 0.279 e. The van der Waals surface area contributed by atoms with E-state index in [-0.39, 0.29) is 55.9 Å². The van der Waals surface area contributed by atoms with Crippen LogP contribution in [0, 0.1) is 60.1 Å². The van der Waals surface area contributed by atoms with Crippen LogP contribution in [0.3, 0.4) is 0 Å². The lowest BCUT2D eigenvalue weighted by Crippen LogP contribution is -2.44. The second-order valence-electron chi connectivity index (χ2n) is 27.4. The smallest absolute Gasteiger partial charge is 0.279 e. The zero-order chi connectivity index (χ0) is 78.3. The zero-order valence-corrected chi connectivity index (χ0v) is 62.6. The number of hydrogen-bond acceptors (Lipinski definition) is 19. The van der Waals surface area contributed by atoms with Gasteiger partial charge in [-0.2, -0.15) is 0 Å². The van der Waals surface area contributed by atoms with E-state index in [0.29, 0.717) is 115 Å². The Morgan fingerprint density at radius 3 is 1.26 bits per heavy atom. The molecule has 0 saturated carbocycles. The summed E-state index contributed by atoms with van der Waals surface area (Å²) in [5.74, 6) is 1.55. The lowest BCUT2D eigenvalue weighted by Gasteiger charge is -2.30. The Hall–Kier alpha value is -13.3. The Bertz CT molecular complexity index is 6310. The highest BCUT2D eigenvalue weighted by molar-refractivity contribution is 5.80. The molecule has 1 atom stereocenters. The lowest BCUT2D eigenvalue weighted by atomic mass is 10.0. The molecule has 23 nitrogen and oxygen atoms in total. The Kier molecular flexibility index (Phi) is 22.6. The fourth-order valence-corrected chi connectivity index (χ4v) is 13.2. The summed E-state index contributed by atoms with van der Waals surface area (Å²) in [4.78, 5) is 104. The van der Waals surface area contributed by atoms with E-state index in [9.17, 15) is 33.1 Å². The molecular weight excluding hydrogens is 1410 g/mol. The van der Waals surface area contributed by atoms with Gasteiger partial charge in [-0.3, -0.25) is 19.2 Å². The van der Waals surface area contributed by atoms with Gasteiger partial charge in [0.2, 0.25) is 0 Å². The maximum absolute atomic E-state index is 14.0. The average molecular weight is 1490 g/mol. The van der Waals surface area contributed by atoms with E-state index in [1.807, 2.05) is 201 Å². The number of fused-ring (bicyclic) bond motifs is 8. The number of aryl methyl sites for hydroxylation is 7. The summed E-state index contributed by atoms with van der Waals surface area (Å²) >= 11 is 0. The molecule has 25 heteroatoms. The van der Waals surface area contributed by atoms with E-state index in [2.05, 4.69) is 99.1 Å². The highest BCUT2D eigenvalue weighted by Crippen LogP contribution is 2.41. The summed E-state index contributed by atoms with van der Waals surface area (Å²) in [6.45, 7) is 32.4. The number of benzene rings is 8. The molecule has 0 radical (unpaired) electrons. The third kappa shape index (κ3) is 17.2. The molecule has 0 aliphatic carbocycles. The van der Waals surface area contributed by atoms with E-state index >= 15 is 0 Å². The second-order valence-corrected chi connectivity index (χ2v) is 27.4. The minimum absolute atomic E-state index is 0.0615. The Morgan fingerprint density at radius 2 is 0.802 bits per heavy atom. The van der Waals surface area contributed by atoms with Crippen molar-refractivity contribution < 1.29 is 23.4 Å². The van der Waals surface area contributed by atoms with Crippen LogP contribution in [0.1, 0.15) is 62.1 Å². The van der Waals surface area contributed by atoms with Crippen LogP contribution in [0.25, 0.3) is 26.3 Å². The second kappa shape index (κ2) is 33.1. The van der Waals surface area contributed by atoms with Crippen molar-refractivity contribution in [1.82, 2.24) is 39.9 Å². The number of β-amino-alcohol motifs (C(OH)–C–C–N with tert-alkyl or cyclic N) is 1. The highest BCUT2D eigenvalue weighted by atomic mass is 19.1. The van der Waals surface area contributed by atoms with Crippen molar-refractivity contribution in [3.63, 3.8) is 0 Å². The monoisotopic (exact) mass is 1490 g/mol. The minimum atomic E-state index is -0.642. The van der Waals surface area contributed by atoms with Gasteiger partial charge in [-0.05, 0) is 184 Å². The first kappa shape index (κ1) is 76.0. The Balaban J connectivity index is 0.000000130. The number of nitrogens with zero attached hydrogens (tertiary/aromatic N) is 12. The van der Waals surface area contributed by atoms with Crippen molar-refractivity contribution >= 4 is 95.1 Å². The summed E-state index contributed by atoms with van der Waals surface area (Å²) in [7, 11) is 0. The van der Waals surface area contributed by atoms with E-state index in [4.69, 9.17) is 9.47 Å². The Labute approximate surface area is 636 Å². The van der Waals surface area contributed by atoms with Crippen LogP contribution in [0.5, 0.6) is 5.75 Å². The van der Waals surface area contributed by atoms with Crippen molar-refractivity contribution in [2.45, 2.75) is 80.4 Å². The van der Waals surface area contributed by atoms with Crippen LogP contribution in [0.15, 0.2) is 203 Å². The summed E-state index contributed by atoms with van der Waals surface area (Å²) in [6.07, 6.45) is 0.550. The first-order valence-electron chi connectivity index (χ1n) is 36.1. The van der Waals surface area contributed by atoms with Crippen LogP contribution in [0.2, 0.25) is 0 Å². The lowest BCUT2D eigenvalue weighted by molar-refractivity contribution is 0.128. The van der Waals surface area contributed by atoms with Crippen molar-refractivity contribution in [3.05, 3.63) is 316 Å². The normalized spacial score (nSPS) is 12.6. The zero-order valence-electron chi connectivity index (χ0n) is 62.6. The van der Waals surface area contributed by atoms with Gasteiger partial charge in [0.1, 0.15) is 45.9 Å². The molecule has 0 fully saturated rings. The van der Waals surface area contributed by atoms with Gasteiger partial charge in [0, 0.05) is 25.1 Å². The molecule has 111 heavy (non-hydrogen) atoms. The number of nitrogens with one attached hydrogen (secondary N) is 4. The van der Waals surface area contributed by atoms with E-state index in [1.54, 1.807) is 0 Å². The summed E-state index contributed by atoms with van der Waals surface area (Å²) in [5, 5.41) is 11.8. The number of hydrogen-bond donors (Lipinski definition) is 5. The standard InChI is InChI=1S/C22H20F2N4O.2C22H22N4O2.C20H18N4O2/c1-12-10-18-19(11-13(12)2)28(21-20(27-18)22(29)26-14(3)25-21)9-5-6-15-16(23)7-4-8-17(15)24;1-13-9-18-19(10-14(13)2)26(12-17(27)11-16-7-5-4-6-8-16)21-20(25-18)22(28)24-15(3)23-21;1-14-11-18-19(12-15(14)2)26(9-10-28-13-17-7-5-4-6-8-17)21-20(25-18)22(27)24-16(3)23-21;1-13-8-9-17-16(12-13)23-18-19(21-14(2)22-20(18)25)24(17)10-11-26-15-6-4-3-5-7-15/h4,7-8,10-11H,3,5-6,9H2,1-2H3,(H,26,29);4-10,17,27H,3,11-12H2,1-2H3,(H,24,28);4-8,11-12H,3,9-10,13H2,1-2H3,(H,24,27);3-9,12H,2,10-11H2,1H3,(H,22,25). The number of aromatic amines is 4. The van der Waals surface area contributed by atoms with Crippen molar-refractivity contribution in [1.29, 1.82) is 0 Å². The molecule has 8 heterocycles. The number of anilines is 8. The first-order valence-corrected chi connectivity index (χ1v) is 36.1. The molecule has 562 valence electrons. The average Bonchev–Trinajstić information content (AvgIpc) is 0.776. The number of ether oxygens (including phenoxy) is 2. The molecule has 12 aromatic rings. The van der Waals surface area contributed by atoms with Gasteiger partial charge in [-0.15, -0.1) is 0 Å². The number of aliphatic hydroxyl groups is 1. The van der Waals surface area contributed by atoms with Gasteiger partial charge in [0.05, 0.1) is 77.9 Å². The molecule has 16 rings (SSSR count). The minimum Gasteiger partial charge on any atom is -0.492 e. The molecule has 0 bridgehead atoms. The molecule has 8 aromatic carbocycles. The van der Waals surface area contributed by atoms with Crippen LogP contribution in [0.4, 0.5) is 77.6 Å². The molecule has 1 unspecified atom stereocenters. The molecule has 5 N–H and O–H groups in total. The SMILES string of the molecule is C=c1nc2c(c(=O)[nH]1)=Nc1cc(C)c(C)cc1N2CC(O)Cc1ccccc1.C=c1nc2c(c(=O)[nH]1)=Nc1cc(C)c(C)cc1N2CCCc1c(F)cccc1F.C=c1nc2c(c(=O)[nH]1)=Nc1cc(C)c(C)cc1N2CCOCc1ccccc1.C=c1nc2c(c(=O)[nH]1)=Nc1cc(C)ccc1N2CCOc1ccccc1. The van der Waals surface area contributed by atoms with Gasteiger partial charge < -0.3 is 54.1 Å². The molecule has 4 aliphatic heterocycles. The van der Waals surface area contributed by atoms with Gasteiger partial charge in [0.15, 0.2) is 44.7 Å². The third-order valence-electron chi connectivity index (χ3n) is 19.2. The van der Waals surface area contributed by atoms with E-state index in [1.165, 1.54) is 18.2 Å². The van der Waals surface area contributed by atoms with Crippen LogP contribution < -0.4 is 89.9 Å². The highest BCUT2D eigenvalue weighted by Gasteiger charge is 2.29. The third-order valence-corrected chi connectivity index (χ3v) is 19.2. The van der Waals surface area contributed by atoms with Gasteiger partial charge >= 0.3 is 0 Å². The molecule has 0 amide bonds. The molecule has 0 saturated heterocycles. The fourth-order valence-electron chi connectivity index (χ4n) is 13.2. The van der Waals surface area contributed by atoms with Crippen LogP contribution >= 0.6 is 0 Å². The number of para-hydroxylation sites is 1.